The lowest BCUT2D eigenvalue weighted by Crippen LogP contribution is -2.08. The van der Waals surface area contributed by atoms with Crippen LogP contribution in [0.1, 0.15) is 22.3 Å². The molecular formula is C44H20Cl8N4. The fourth-order valence-corrected chi connectivity index (χ4v) is 8.93. The molecule has 0 saturated carbocycles. The lowest BCUT2D eigenvalue weighted by atomic mass is 9.85. The van der Waals surface area contributed by atoms with E-state index in [2.05, 4.69) is 0 Å². The van der Waals surface area contributed by atoms with Gasteiger partial charge in [-0.25, -0.2) is 20.0 Å². The normalized spacial score (nSPS) is 17.1. The summed E-state index contributed by atoms with van der Waals surface area (Å²) in [6, 6.07) is 21.3. The fraction of sp³-hybridized carbons (Fsp3) is 0. The van der Waals surface area contributed by atoms with E-state index in [0.29, 0.717) is 119 Å². The first kappa shape index (κ1) is 37.4. The third kappa shape index (κ3) is 7.04. The molecule has 12 heteroatoms. The molecule has 0 amide bonds. The van der Waals surface area contributed by atoms with Crippen LogP contribution in [0.2, 0.25) is 40.2 Å². The van der Waals surface area contributed by atoms with Crippen LogP contribution in [0.15, 0.2) is 164 Å². The van der Waals surface area contributed by atoms with Crippen molar-refractivity contribution >= 4 is 138 Å². The number of nitrogens with zero attached hydrogens (tertiary/aromatic N) is 4. The van der Waals surface area contributed by atoms with Crippen molar-refractivity contribution in [3.63, 3.8) is 0 Å². The highest BCUT2D eigenvalue weighted by atomic mass is 35.5. The second-order valence-corrected chi connectivity index (χ2v) is 16.3. The molecule has 4 aromatic carbocycles. The molecule has 0 saturated heterocycles. The van der Waals surface area contributed by atoms with Gasteiger partial charge in [-0.2, -0.15) is 0 Å². The predicted molar refractivity (Wildman–Crippen MR) is 240 cm³/mol. The van der Waals surface area contributed by atoms with Gasteiger partial charge >= 0.3 is 0 Å². The molecule has 56 heavy (non-hydrogen) atoms. The van der Waals surface area contributed by atoms with Crippen LogP contribution in [0.25, 0.3) is 22.3 Å². The van der Waals surface area contributed by atoms with Crippen LogP contribution < -0.4 is 0 Å². The quantitative estimate of drug-likeness (QED) is 0.196. The van der Waals surface area contributed by atoms with Crippen molar-refractivity contribution in [2.45, 2.75) is 0 Å². The van der Waals surface area contributed by atoms with E-state index < -0.39 is 0 Å². The Hall–Kier alpha value is -4.20. The molecule has 4 aromatic rings. The average molecular weight is 888 g/mol. The summed E-state index contributed by atoms with van der Waals surface area (Å²) in [6.07, 6.45) is 15.4. The molecule has 4 nitrogen and oxygen atoms in total. The van der Waals surface area contributed by atoms with Gasteiger partial charge in [-0.1, -0.05) is 117 Å². The first-order valence-electron chi connectivity index (χ1n) is 16.9. The molecule has 0 spiro atoms. The zero-order chi connectivity index (χ0) is 38.8. The highest BCUT2D eigenvalue weighted by molar-refractivity contribution is 6.54. The average Bonchev–Trinajstić information content (AvgIpc) is 3.94. The summed E-state index contributed by atoms with van der Waals surface area (Å²) >= 11 is 54.2. The van der Waals surface area contributed by atoms with E-state index in [1.54, 1.807) is 48.5 Å². The molecule has 0 aromatic heterocycles. The van der Waals surface area contributed by atoms with Crippen molar-refractivity contribution in [3.05, 3.63) is 207 Å². The van der Waals surface area contributed by atoms with E-state index >= 15 is 0 Å². The second-order valence-electron chi connectivity index (χ2n) is 12.9. The van der Waals surface area contributed by atoms with Gasteiger partial charge in [-0.3, -0.25) is 0 Å². The maximum absolute atomic E-state index is 7.17. The summed E-state index contributed by atoms with van der Waals surface area (Å²) < 4.78 is 0. The van der Waals surface area contributed by atoms with Crippen LogP contribution in [-0.2, 0) is 0 Å². The molecule has 272 valence electrons. The number of benzene rings is 4. The molecule has 5 aliphatic heterocycles. The van der Waals surface area contributed by atoms with E-state index in [-0.39, 0.29) is 0 Å². The first-order valence-corrected chi connectivity index (χ1v) is 19.9. The molecular weight excluding hydrogens is 868 g/mol. The molecule has 0 aliphatic carbocycles. The Morgan fingerprint density at radius 3 is 1.32 bits per heavy atom. The lowest BCUT2D eigenvalue weighted by Gasteiger charge is -2.19. The largest absolute Gasteiger partial charge is 0.249 e. The van der Waals surface area contributed by atoms with E-state index in [9.17, 15) is 0 Å². The number of allylic oxidation sites excluding steroid dienone is 12. The SMILES string of the molecule is Clc1ccc(C2=CC3=CC4=NC(=CC5=NC(=CC6=NC(=C(c7ccc(Cl)cc7Cl)C2=N3)C(c2ccc(Cl)cc2Cl)=C6c2ccc(Cl)cc2Cl)C=C5)C=C4)c(Cl)c1. The standard InChI is InChI=1S/C44H20Cl8N4/c45-21-1-9-30(35(49)13-21)34-19-29-18-27-6-5-25(53-27)17-26-7-8-28(54-26)20-39-40(31-10-2-22(46)14-36(31)50)41(32-11-3-23(47)15-37(32)51)44(56-39)42(43(34)55-29)33-12-4-24(48)16-38(33)52/h1-20H. The highest BCUT2D eigenvalue weighted by Gasteiger charge is 2.35. The van der Waals surface area contributed by atoms with Crippen molar-refractivity contribution in [3.8, 4) is 0 Å². The molecule has 8 bridgehead atoms. The number of aliphatic imine (C=N–C) groups is 4. The van der Waals surface area contributed by atoms with Crippen molar-refractivity contribution in [1.82, 2.24) is 0 Å². The van der Waals surface area contributed by atoms with Crippen LogP contribution in [0, 0.1) is 0 Å². The summed E-state index contributed by atoms with van der Waals surface area (Å²) in [7, 11) is 0. The third-order valence-corrected chi connectivity index (χ3v) is 11.5. The minimum Gasteiger partial charge on any atom is -0.249 e. The van der Waals surface area contributed by atoms with E-state index in [0.717, 1.165) is 11.4 Å². The maximum Gasteiger partial charge on any atom is 0.0823 e. The van der Waals surface area contributed by atoms with Gasteiger partial charge in [-0.05, 0) is 97.1 Å². The number of rotatable bonds is 4. The Morgan fingerprint density at radius 2 is 0.804 bits per heavy atom. The third-order valence-electron chi connectivity index (χ3n) is 9.30. The minimum atomic E-state index is 0.358. The van der Waals surface area contributed by atoms with Gasteiger partial charge in [0.05, 0.1) is 50.7 Å². The van der Waals surface area contributed by atoms with Crippen LogP contribution in [0.3, 0.4) is 0 Å². The van der Waals surface area contributed by atoms with Gasteiger partial charge in [-0.15, -0.1) is 0 Å². The van der Waals surface area contributed by atoms with Gasteiger partial charge in [0.2, 0.25) is 0 Å². The topological polar surface area (TPSA) is 49.4 Å². The molecule has 0 radical (unpaired) electrons. The van der Waals surface area contributed by atoms with Crippen LogP contribution in [0.4, 0.5) is 0 Å². The summed E-state index contributed by atoms with van der Waals surface area (Å²) in [5, 5.41) is 3.42. The molecule has 0 atom stereocenters. The Morgan fingerprint density at radius 1 is 0.357 bits per heavy atom. The maximum atomic E-state index is 7.17. The van der Waals surface area contributed by atoms with Gasteiger partial charge in [0.25, 0.3) is 0 Å². The Balaban J connectivity index is 1.48. The smallest absolute Gasteiger partial charge is 0.0823 e. The van der Waals surface area contributed by atoms with Gasteiger partial charge in [0, 0.05) is 79.7 Å². The lowest BCUT2D eigenvalue weighted by molar-refractivity contribution is 1.41. The fourth-order valence-electron chi connectivity index (χ4n) is 6.91. The van der Waals surface area contributed by atoms with Crippen molar-refractivity contribution in [2.24, 2.45) is 20.0 Å². The van der Waals surface area contributed by atoms with Crippen LogP contribution in [0.5, 0.6) is 0 Å². The monoisotopic (exact) mass is 884 g/mol. The Labute approximate surface area is 361 Å². The number of halogens is 8. The summed E-state index contributed by atoms with van der Waals surface area (Å²) in [6.45, 7) is 0. The van der Waals surface area contributed by atoms with E-state index in [4.69, 9.17) is 113 Å². The molecule has 9 rings (SSSR count). The van der Waals surface area contributed by atoms with Crippen molar-refractivity contribution in [1.29, 1.82) is 0 Å². The molecule has 5 aliphatic rings. The van der Waals surface area contributed by atoms with E-state index in [1.807, 2.05) is 72.9 Å². The summed E-state index contributed by atoms with van der Waals surface area (Å²) in [5.74, 6) is 0. The van der Waals surface area contributed by atoms with Crippen LogP contribution >= 0.6 is 92.8 Å². The van der Waals surface area contributed by atoms with Crippen molar-refractivity contribution in [2.75, 3.05) is 0 Å². The minimum absolute atomic E-state index is 0.358. The van der Waals surface area contributed by atoms with Gasteiger partial charge < -0.3 is 0 Å². The molecule has 0 unspecified atom stereocenters. The number of hydrogen-bond donors (Lipinski definition) is 0. The zero-order valence-corrected chi connectivity index (χ0v) is 34.4. The highest BCUT2D eigenvalue weighted by Crippen LogP contribution is 2.50. The van der Waals surface area contributed by atoms with Gasteiger partial charge in [0.15, 0.2) is 0 Å². The number of fused-ring (bicyclic) bond motifs is 4. The van der Waals surface area contributed by atoms with E-state index in [1.165, 1.54) is 0 Å². The molecule has 0 N–H and O–H groups in total. The Bertz CT molecular complexity index is 2880. The number of hydrogen-bond acceptors (Lipinski definition) is 4. The summed E-state index contributed by atoms with van der Waals surface area (Å²) in [5.41, 5.74) is 10.1. The van der Waals surface area contributed by atoms with Crippen LogP contribution in [-0.4, -0.2) is 22.8 Å². The zero-order valence-electron chi connectivity index (χ0n) is 28.4. The predicted octanol–water partition coefficient (Wildman–Crippen LogP) is 14.9. The second kappa shape index (κ2) is 14.9. The molecule has 0 fully saturated rings. The summed E-state index contributed by atoms with van der Waals surface area (Å²) in [4.78, 5) is 20.5. The molecule has 5 heterocycles. The van der Waals surface area contributed by atoms with Crippen molar-refractivity contribution < 1.29 is 0 Å². The first-order chi connectivity index (χ1) is 27.0. The Kier molecular flexibility index (Phi) is 9.98. The van der Waals surface area contributed by atoms with Gasteiger partial charge in [0.1, 0.15) is 0 Å².